The molecule has 18 heavy (non-hydrogen) atoms. The van der Waals surface area contributed by atoms with E-state index < -0.39 is 5.91 Å². The van der Waals surface area contributed by atoms with E-state index in [1.54, 1.807) is 25.3 Å². The van der Waals surface area contributed by atoms with Crippen LogP contribution in [0, 0.1) is 0 Å². The number of carbonyl (C=O) groups excluding carboxylic acids is 1. The highest BCUT2D eigenvalue weighted by molar-refractivity contribution is 6.01. The Kier molecular flexibility index (Phi) is 4.97. The Morgan fingerprint density at radius 1 is 1.44 bits per heavy atom. The summed E-state index contributed by atoms with van der Waals surface area (Å²) in [6.45, 7) is 5.28. The number of methoxy groups -OCH3 is 1. The standard InChI is InChI=1S/C13H21N3O2/c1-9(2)16(7-8-18-3)12-10(13(15)17)5-4-6-11(12)14/h4-6,9H,7-8,14H2,1-3H3,(H2,15,17). The van der Waals surface area contributed by atoms with E-state index in [2.05, 4.69) is 0 Å². The molecule has 5 heteroatoms. The second-order valence-corrected chi connectivity index (χ2v) is 4.39. The lowest BCUT2D eigenvalue weighted by molar-refractivity contribution is 0.100. The number of carbonyl (C=O) groups is 1. The fraction of sp³-hybridized carbons (Fsp3) is 0.462. The molecule has 0 unspecified atom stereocenters. The first-order valence-corrected chi connectivity index (χ1v) is 5.93. The van der Waals surface area contributed by atoms with Gasteiger partial charge in [0.05, 0.1) is 23.5 Å². The largest absolute Gasteiger partial charge is 0.397 e. The molecule has 0 bridgehead atoms. The lowest BCUT2D eigenvalue weighted by Crippen LogP contribution is -2.36. The van der Waals surface area contributed by atoms with Gasteiger partial charge in [-0.15, -0.1) is 0 Å². The van der Waals surface area contributed by atoms with Crippen LogP contribution >= 0.6 is 0 Å². The molecule has 0 aliphatic carbocycles. The summed E-state index contributed by atoms with van der Waals surface area (Å²) in [5.41, 5.74) is 13.1. The van der Waals surface area contributed by atoms with Gasteiger partial charge in [0.25, 0.3) is 5.91 Å². The SMILES string of the molecule is COCCN(c1c(N)cccc1C(N)=O)C(C)C. The summed E-state index contributed by atoms with van der Waals surface area (Å²) in [6.07, 6.45) is 0. The van der Waals surface area contributed by atoms with E-state index in [1.165, 1.54) is 0 Å². The van der Waals surface area contributed by atoms with Crippen molar-refractivity contribution in [3.05, 3.63) is 23.8 Å². The molecule has 1 rings (SSSR count). The molecule has 0 saturated heterocycles. The molecule has 0 radical (unpaired) electrons. The maximum Gasteiger partial charge on any atom is 0.250 e. The van der Waals surface area contributed by atoms with Crippen molar-refractivity contribution >= 4 is 17.3 Å². The third-order valence-corrected chi connectivity index (χ3v) is 2.78. The summed E-state index contributed by atoms with van der Waals surface area (Å²) in [7, 11) is 1.64. The number of nitrogens with zero attached hydrogens (tertiary/aromatic N) is 1. The first-order chi connectivity index (χ1) is 8.49. The van der Waals surface area contributed by atoms with Gasteiger partial charge >= 0.3 is 0 Å². The average molecular weight is 251 g/mol. The van der Waals surface area contributed by atoms with Crippen molar-refractivity contribution in [2.24, 2.45) is 5.73 Å². The van der Waals surface area contributed by atoms with Crippen LogP contribution in [0.15, 0.2) is 18.2 Å². The first kappa shape index (κ1) is 14.3. The van der Waals surface area contributed by atoms with Gasteiger partial charge in [0.2, 0.25) is 0 Å². The quantitative estimate of drug-likeness (QED) is 0.745. The summed E-state index contributed by atoms with van der Waals surface area (Å²) in [5.74, 6) is -0.472. The highest BCUT2D eigenvalue weighted by Crippen LogP contribution is 2.29. The third kappa shape index (κ3) is 3.13. The van der Waals surface area contributed by atoms with E-state index in [1.807, 2.05) is 18.7 Å². The molecule has 100 valence electrons. The first-order valence-electron chi connectivity index (χ1n) is 5.93. The number of primary amides is 1. The zero-order valence-electron chi connectivity index (χ0n) is 11.1. The van der Waals surface area contributed by atoms with Crippen molar-refractivity contribution in [2.75, 3.05) is 30.9 Å². The average Bonchev–Trinajstić information content (AvgIpc) is 2.30. The van der Waals surface area contributed by atoms with Crippen LogP contribution in [0.2, 0.25) is 0 Å². The second-order valence-electron chi connectivity index (χ2n) is 4.39. The van der Waals surface area contributed by atoms with Crippen LogP contribution in [0.25, 0.3) is 0 Å². The number of para-hydroxylation sites is 1. The van der Waals surface area contributed by atoms with Crippen LogP contribution in [0.5, 0.6) is 0 Å². The Morgan fingerprint density at radius 2 is 2.11 bits per heavy atom. The van der Waals surface area contributed by atoms with Crippen molar-refractivity contribution in [3.63, 3.8) is 0 Å². The van der Waals surface area contributed by atoms with Crippen molar-refractivity contribution in [3.8, 4) is 0 Å². The fourth-order valence-corrected chi connectivity index (χ4v) is 1.90. The number of nitrogen functional groups attached to an aromatic ring is 1. The van der Waals surface area contributed by atoms with Crippen molar-refractivity contribution in [1.82, 2.24) is 0 Å². The molecule has 4 N–H and O–H groups in total. The van der Waals surface area contributed by atoms with Gasteiger partial charge in [0.1, 0.15) is 0 Å². The number of anilines is 2. The molecular formula is C13H21N3O2. The summed E-state index contributed by atoms with van der Waals surface area (Å²) in [6, 6.07) is 5.39. The molecule has 0 atom stereocenters. The number of rotatable bonds is 6. The molecule has 0 aliphatic heterocycles. The van der Waals surface area contributed by atoms with E-state index in [0.29, 0.717) is 30.1 Å². The molecule has 0 saturated carbocycles. The van der Waals surface area contributed by atoms with Crippen LogP contribution in [0.4, 0.5) is 11.4 Å². The molecule has 0 aromatic heterocycles. The minimum absolute atomic E-state index is 0.197. The maximum absolute atomic E-state index is 11.5. The van der Waals surface area contributed by atoms with Gasteiger partial charge < -0.3 is 21.1 Å². The molecule has 0 spiro atoms. The lowest BCUT2D eigenvalue weighted by Gasteiger charge is -2.31. The summed E-state index contributed by atoms with van der Waals surface area (Å²) in [5, 5.41) is 0. The normalized spacial score (nSPS) is 10.7. The third-order valence-electron chi connectivity index (χ3n) is 2.78. The number of ether oxygens (including phenoxy) is 1. The minimum atomic E-state index is -0.472. The highest BCUT2D eigenvalue weighted by atomic mass is 16.5. The van der Waals surface area contributed by atoms with Gasteiger partial charge in [-0.05, 0) is 26.0 Å². The van der Waals surface area contributed by atoms with Gasteiger partial charge in [-0.25, -0.2) is 0 Å². The number of hydrogen-bond donors (Lipinski definition) is 2. The molecular weight excluding hydrogens is 230 g/mol. The summed E-state index contributed by atoms with van der Waals surface area (Å²) >= 11 is 0. The maximum atomic E-state index is 11.5. The minimum Gasteiger partial charge on any atom is -0.397 e. The van der Waals surface area contributed by atoms with Crippen LogP contribution in [-0.4, -0.2) is 32.2 Å². The van der Waals surface area contributed by atoms with E-state index in [9.17, 15) is 4.79 Å². The monoisotopic (exact) mass is 251 g/mol. The predicted octanol–water partition coefficient (Wildman–Crippen LogP) is 1.23. The van der Waals surface area contributed by atoms with E-state index in [4.69, 9.17) is 16.2 Å². The fourth-order valence-electron chi connectivity index (χ4n) is 1.90. The van der Waals surface area contributed by atoms with E-state index >= 15 is 0 Å². The number of benzene rings is 1. The zero-order valence-corrected chi connectivity index (χ0v) is 11.1. The molecule has 5 nitrogen and oxygen atoms in total. The van der Waals surface area contributed by atoms with Gasteiger partial charge in [-0.2, -0.15) is 0 Å². The Hall–Kier alpha value is -1.75. The van der Waals surface area contributed by atoms with Crippen LogP contribution in [-0.2, 0) is 4.74 Å². The van der Waals surface area contributed by atoms with E-state index in [0.717, 1.165) is 0 Å². The van der Waals surface area contributed by atoms with Crippen LogP contribution < -0.4 is 16.4 Å². The van der Waals surface area contributed by atoms with Crippen molar-refractivity contribution in [1.29, 1.82) is 0 Å². The summed E-state index contributed by atoms with van der Waals surface area (Å²) < 4.78 is 5.09. The van der Waals surface area contributed by atoms with Gasteiger partial charge in [0, 0.05) is 19.7 Å². The highest BCUT2D eigenvalue weighted by Gasteiger charge is 2.19. The van der Waals surface area contributed by atoms with Gasteiger partial charge in [-0.1, -0.05) is 6.07 Å². The van der Waals surface area contributed by atoms with Gasteiger partial charge in [-0.3, -0.25) is 4.79 Å². The molecule has 0 heterocycles. The van der Waals surface area contributed by atoms with Gasteiger partial charge in [0.15, 0.2) is 0 Å². The topological polar surface area (TPSA) is 81.6 Å². The van der Waals surface area contributed by atoms with Crippen molar-refractivity contribution in [2.45, 2.75) is 19.9 Å². The Bertz CT molecular complexity index is 419. The van der Waals surface area contributed by atoms with Crippen LogP contribution in [0.1, 0.15) is 24.2 Å². The molecule has 0 aliphatic rings. The Morgan fingerprint density at radius 3 is 2.61 bits per heavy atom. The lowest BCUT2D eigenvalue weighted by atomic mass is 10.1. The molecule has 1 aromatic carbocycles. The molecule has 1 aromatic rings. The van der Waals surface area contributed by atoms with E-state index in [-0.39, 0.29) is 6.04 Å². The zero-order chi connectivity index (χ0) is 13.7. The van der Waals surface area contributed by atoms with Crippen LogP contribution in [0.3, 0.4) is 0 Å². The molecule has 1 amide bonds. The number of amides is 1. The number of nitrogens with two attached hydrogens (primary N) is 2. The van der Waals surface area contributed by atoms with Crippen molar-refractivity contribution < 1.29 is 9.53 Å². The Balaban J connectivity index is 3.21. The number of hydrogen-bond acceptors (Lipinski definition) is 4. The predicted molar refractivity (Wildman–Crippen MR) is 73.7 cm³/mol. The Labute approximate surface area is 108 Å². The second kappa shape index (κ2) is 6.26. The smallest absolute Gasteiger partial charge is 0.250 e. The molecule has 0 fully saturated rings. The summed E-state index contributed by atoms with van der Waals surface area (Å²) in [4.78, 5) is 13.5.